The Morgan fingerprint density at radius 1 is 1.36 bits per heavy atom. The molecule has 0 bridgehead atoms. The van der Waals surface area contributed by atoms with Crippen molar-refractivity contribution >= 4 is 28.8 Å². The zero-order valence-corrected chi connectivity index (χ0v) is 13.8. The number of rotatable bonds is 4. The van der Waals surface area contributed by atoms with E-state index in [9.17, 15) is 4.79 Å². The van der Waals surface area contributed by atoms with Crippen LogP contribution < -0.4 is 10.2 Å². The molecule has 1 aliphatic heterocycles. The standard InChI is InChI=1S/C16H19N3O2S/c1-10-4-5-13(8-14(10)19-6-7-21-16(19)20)17-9-15-11(2)18-12(3)22-15/h4-5,8,17H,6-7,9H2,1-3H3. The zero-order valence-electron chi connectivity index (χ0n) is 13.0. The number of benzene rings is 1. The second-order valence-corrected chi connectivity index (χ2v) is 6.65. The van der Waals surface area contributed by atoms with Crippen molar-refractivity contribution in [2.45, 2.75) is 27.3 Å². The van der Waals surface area contributed by atoms with E-state index in [0.717, 1.165) is 34.2 Å². The Balaban J connectivity index is 1.77. The fourth-order valence-corrected chi connectivity index (χ4v) is 3.42. The Hall–Kier alpha value is -2.08. The van der Waals surface area contributed by atoms with E-state index < -0.39 is 0 Å². The lowest BCUT2D eigenvalue weighted by Gasteiger charge is -2.17. The van der Waals surface area contributed by atoms with E-state index in [2.05, 4.69) is 10.3 Å². The van der Waals surface area contributed by atoms with Crippen LogP contribution in [0.15, 0.2) is 18.2 Å². The summed E-state index contributed by atoms with van der Waals surface area (Å²) >= 11 is 1.71. The molecule has 3 rings (SSSR count). The molecule has 5 nitrogen and oxygen atoms in total. The summed E-state index contributed by atoms with van der Waals surface area (Å²) in [5.74, 6) is 0. The monoisotopic (exact) mass is 317 g/mol. The Morgan fingerprint density at radius 3 is 2.82 bits per heavy atom. The molecule has 0 radical (unpaired) electrons. The van der Waals surface area contributed by atoms with E-state index in [-0.39, 0.29) is 6.09 Å². The molecular formula is C16H19N3O2S. The van der Waals surface area contributed by atoms with Crippen molar-refractivity contribution in [1.29, 1.82) is 0 Å². The summed E-state index contributed by atoms with van der Waals surface area (Å²) in [6.07, 6.45) is -0.269. The quantitative estimate of drug-likeness (QED) is 0.935. The first-order valence-corrected chi connectivity index (χ1v) is 8.08. The maximum absolute atomic E-state index is 11.7. The average Bonchev–Trinajstić information content (AvgIpc) is 3.03. The van der Waals surface area contributed by atoms with Gasteiger partial charge in [0.2, 0.25) is 0 Å². The molecule has 116 valence electrons. The number of nitrogens with zero attached hydrogens (tertiary/aromatic N) is 2. The van der Waals surface area contributed by atoms with Gasteiger partial charge in [-0.05, 0) is 38.5 Å². The predicted molar refractivity (Wildman–Crippen MR) is 88.8 cm³/mol. The minimum atomic E-state index is -0.269. The van der Waals surface area contributed by atoms with Crippen LogP contribution in [-0.4, -0.2) is 24.2 Å². The summed E-state index contributed by atoms with van der Waals surface area (Å²) in [5, 5.41) is 4.49. The molecule has 6 heteroatoms. The maximum Gasteiger partial charge on any atom is 0.414 e. The van der Waals surface area contributed by atoms with Gasteiger partial charge >= 0.3 is 6.09 Å². The van der Waals surface area contributed by atoms with Gasteiger partial charge in [0.1, 0.15) is 6.61 Å². The number of nitrogens with one attached hydrogen (secondary N) is 1. The van der Waals surface area contributed by atoms with Gasteiger partial charge in [0.25, 0.3) is 0 Å². The summed E-state index contributed by atoms with van der Waals surface area (Å²) in [7, 11) is 0. The molecule has 1 aromatic heterocycles. The zero-order chi connectivity index (χ0) is 15.7. The molecular weight excluding hydrogens is 298 g/mol. The molecule has 0 unspecified atom stereocenters. The lowest BCUT2D eigenvalue weighted by atomic mass is 10.1. The molecule has 2 aromatic rings. The number of carbonyl (C=O) groups is 1. The smallest absolute Gasteiger partial charge is 0.414 e. The highest BCUT2D eigenvalue weighted by atomic mass is 32.1. The molecule has 1 N–H and O–H groups in total. The number of aryl methyl sites for hydroxylation is 3. The number of aromatic nitrogens is 1. The SMILES string of the molecule is Cc1nc(C)c(CNc2ccc(C)c(N3CCOC3=O)c2)s1. The van der Waals surface area contributed by atoms with Crippen LogP contribution in [0.5, 0.6) is 0 Å². The molecule has 22 heavy (non-hydrogen) atoms. The van der Waals surface area contributed by atoms with Crippen LogP contribution in [0.4, 0.5) is 16.2 Å². The van der Waals surface area contributed by atoms with Crippen LogP contribution in [-0.2, 0) is 11.3 Å². The van der Waals surface area contributed by atoms with Gasteiger partial charge in [0.15, 0.2) is 0 Å². The highest BCUT2D eigenvalue weighted by Gasteiger charge is 2.25. The topological polar surface area (TPSA) is 54.5 Å². The molecule has 0 aliphatic carbocycles. The van der Waals surface area contributed by atoms with Crippen molar-refractivity contribution in [3.63, 3.8) is 0 Å². The first kappa shape index (κ1) is 14.8. The van der Waals surface area contributed by atoms with E-state index in [0.29, 0.717) is 13.2 Å². The maximum atomic E-state index is 11.7. The van der Waals surface area contributed by atoms with Gasteiger partial charge in [0.05, 0.1) is 29.5 Å². The molecule has 1 fully saturated rings. The van der Waals surface area contributed by atoms with Crippen molar-refractivity contribution in [3.05, 3.63) is 39.3 Å². The minimum Gasteiger partial charge on any atom is -0.447 e. The Bertz CT molecular complexity index is 711. The van der Waals surface area contributed by atoms with Crippen molar-refractivity contribution in [2.24, 2.45) is 0 Å². The number of hydrogen-bond donors (Lipinski definition) is 1. The van der Waals surface area contributed by atoms with Gasteiger partial charge in [-0.15, -0.1) is 11.3 Å². The Morgan fingerprint density at radius 2 is 2.18 bits per heavy atom. The largest absolute Gasteiger partial charge is 0.447 e. The summed E-state index contributed by atoms with van der Waals surface area (Å²) in [6.45, 7) is 7.85. The van der Waals surface area contributed by atoms with Crippen LogP contribution in [0.2, 0.25) is 0 Å². The predicted octanol–water partition coefficient (Wildman–Crippen LogP) is 3.64. The second-order valence-electron chi connectivity index (χ2n) is 5.36. The van der Waals surface area contributed by atoms with Crippen LogP contribution >= 0.6 is 11.3 Å². The number of thiazole rings is 1. The van der Waals surface area contributed by atoms with Gasteiger partial charge in [0, 0.05) is 10.6 Å². The van der Waals surface area contributed by atoms with Gasteiger partial charge in [-0.3, -0.25) is 4.90 Å². The first-order chi connectivity index (χ1) is 10.5. The van der Waals surface area contributed by atoms with E-state index in [1.807, 2.05) is 39.0 Å². The molecule has 1 aliphatic rings. The van der Waals surface area contributed by atoms with Crippen molar-refractivity contribution in [3.8, 4) is 0 Å². The van der Waals surface area contributed by atoms with E-state index >= 15 is 0 Å². The number of ether oxygens (including phenoxy) is 1. The first-order valence-electron chi connectivity index (χ1n) is 7.26. The highest BCUT2D eigenvalue weighted by molar-refractivity contribution is 7.11. The van der Waals surface area contributed by atoms with Crippen LogP contribution in [0.25, 0.3) is 0 Å². The van der Waals surface area contributed by atoms with Crippen molar-refractivity contribution in [2.75, 3.05) is 23.4 Å². The fraction of sp³-hybridized carbons (Fsp3) is 0.375. The van der Waals surface area contributed by atoms with Crippen LogP contribution in [0, 0.1) is 20.8 Å². The van der Waals surface area contributed by atoms with Gasteiger partial charge in [-0.2, -0.15) is 0 Å². The molecule has 1 saturated heterocycles. The third-order valence-electron chi connectivity index (χ3n) is 3.71. The van der Waals surface area contributed by atoms with Crippen molar-refractivity contribution < 1.29 is 9.53 Å². The lowest BCUT2D eigenvalue weighted by molar-refractivity contribution is 0.181. The molecule has 0 spiro atoms. The Kier molecular flexibility index (Phi) is 4.02. The van der Waals surface area contributed by atoms with Gasteiger partial charge in [-0.25, -0.2) is 9.78 Å². The minimum absolute atomic E-state index is 0.269. The van der Waals surface area contributed by atoms with Gasteiger partial charge in [-0.1, -0.05) is 6.07 Å². The number of carbonyl (C=O) groups excluding carboxylic acids is 1. The summed E-state index contributed by atoms with van der Waals surface area (Å²) in [6, 6.07) is 6.06. The normalized spacial score (nSPS) is 14.3. The molecule has 1 amide bonds. The number of amides is 1. The summed E-state index contributed by atoms with van der Waals surface area (Å²) in [4.78, 5) is 19.1. The summed E-state index contributed by atoms with van der Waals surface area (Å²) in [5.41, 5.74) is 4.04. The lowest BCUT2D eigenvalue weighted by Crippen LogP contribution is -2.24. The number of hydrogen-bond acceptors (Lipinski definition) is 5. The van der Waals surface area contributed by atoms with Gasteiger partial charge < -0.3 is 10.1 Å². The molecule has 0 saturated carbocycles. The van der Waals surface area contributed by atoms with Crippen LogP contribution in [0.1, 0.15) is 21.1 Å². The highest BCUT2D eigenvalue weighted by Crippen LogP contribution is 2.27. The number of cyclic esters (lactones) is 1. The molecule has 2 heterocycles. The molecule has 0 atom stereocenters. The Labute approximate surface area is 133 Å². The van der Waals surface area contributed by atoms with E-state index in [4.69, 9.17) is 4.74 Å². The average molecular weight is 317 g/mol. The number of anilines is 2. The van der Waals surface area contributed by atoms with E-state index in [1.54, 1.807) is 16.2 Å². The third-order valence-corrected chi connectivity index (χ3v) is 4.79. The van der Waals surface area contributed by atoms with Crippen molar-refractivity contribution in [1.82, 2.24) is 4.98 Å². The fourth-order valence-electron chi connectivity index (χ4n) is 2.54. The molecule has 1 aromatic carbocycles. The van der Waals surface area contributed by atoms with Crippen LogP contribution in [0.3, 0.4) is 0 Å². The van der Waals surface area contributed by atoms with E-state index in [1.165, 1.54) is 4.88 Å². The third kappa shape index (κ3) is 2.92. The summed E-state index contributed by atoms with van der Waals surface area (Å²) < 4.78 is 5.02. The second kappa shape index (κ2) is 5.96.